The number of aliphatic imine (C=N–C) groups is 1. The van der Waals surface area contributed by atoms with E-state index in [4.69, 9.17) is 4.74 Å². The van der Waals surface area contributed by atoms with Crippen molar-refractivity contribution in [3.63, 3.8) is 0 Å². The zero-order valence-corrected chi connectivity index (χ0v) is 14.0. The van der Waals surface area contributed by atoms with Crippen LogP contribution in [0.5, 0.6) is 5.75 Å². The van der Waals surface area contributed by atoms with E-state index < -0.39 is 0 Å². The van der Waals surface area contributed by atoms with Crippen LogP contribution in [0.2, 0.25) is 0 Å². The maximum Gasteiger partial charge on any atom is 0.191 e. The van der Waals surface area contributed by atoms with Crippen LogP contribution in [-0.2, 0) is 13.0 Å². The number of guanidine groups is 1. The van der Waals surface area contributed by atoms with Crippen LogP contribution in [0, 0.1) is 6.92 Å². The van der Waals surface area contributed by atoms with Gasteiger partial charge in [-0.15, -0.1) is 0 Å². The van der Waals surface area contributed by atoms with Crippen LogP contribution >= 0.6 is 0 Å². The number of aromatic nitrogens is 1. The molecule has 2 aromatic rings. The summed E-state index contributed by atoms with van der Waals surface area (Å²) in [6.45, 7) is 3.55. The van der Waals surface area contributed by atoms with Gasteiger partial charge in [0, 0.05) is 32.5 Å². The molecular formula is C18H24N4O. The molecule has 0 atom stereocenters. The Kier molecular flexibility index (Phi) is 6.41. The summed E-state index contributed by atoms with van der Waals surface area (Å²) in [4.78, 5) is 8.33. The van der Waals surface area contributed by atoms with E-state index in [1.807, 2.05) is 25.3 Å². The normalized spacial score (nSPS) is 11.2. The Hall–Kier alpha value is -2.56. The molecule has 2 N–H and O–H groups in total. The van der Waals surface area contributed by atoms with Gasteiger partial charge in [0.05, 0.1) is 7.11 Å². The number of hydrogen-bond donors (Lipinski definition) is 2. The van der Waals surface area contributed by atoms with E-state index in [-0.39, 0.29) is 0 Å². The number of nitrogens with zero attached hydrogens (tertiary/aromatic N) is 2. The Balaban J connectivity index is 1.80. The largest absolute Gasteiger partial charge is 0.496 e. The second-order valence-electron chi connectivity index (χ2n) is 5.27. The van der Waals surface area contributed by atoms with Gasteiger partial charge in [0.25, 0.3) is 0 Å². The molecule has 1 aromatic carbocycles. The lowest BCUT2D eigenvalue weighted by atomic mass is 10.1. The van der Waals surface area contributed by atoms with Gasteiger partial charge in [0.2, 0.25) is 0 Å². The third-order valence-electron chi connectivity index (χ3n) is 3.58. The maximum absolute atomic E-state index is 5.36. The summed E-state index contributed by atoms with van der Waals surface area (Å²) >= 11 is 0. The number of nitrogens with one attached hydrogen (secondary N) is 2. The highest BCUT2D eigenvalue weighted by Gasteiger charge is 2.02. The molecule has 23 heavy (non-hydrogen) atoms. The number of aryl methyl sites for hydroxylation is 1. The third kappa shape index (κ3) is 5.29. The topological polar surface area (TPSA) is 58.5 Å². The average Bonchev–Trinajstić information content (AvgIpc) is 2.60. The molecule has 122 valence electrons. The molecule has 0 spiro atoms. The van der Waals surface area contributed by atoms with Crippen LogP contribution in [0.15, 0.2) is 47.7 Å². The van der Waals surface area contributed by atoms with Crippen molar-refractivity contribution in [3.05, 3.63) is 59.4 Å². The van der Waals surface area contributed by atoms with Crippen molar-refractivity contribution in [2.75, 3.05) is 20.7 Å². The van der Waals surface area contributed by atoms with E-state index in [0.29, 0.717) is 6.54 Å². The van der Waals surface area contributed by atoms with Crippen LogP contribution < -0.4 is 15.4 Å². The number of methoxy groups -OCH3 is 1. The Labute approximate surface area is 137 Å². The van der Waals surface area contributed by atoms with Crippen LogP contribution in [0.1, 0.15) is 16.7 Å². The molecule has 2 rings (SSSR count). The molecule has 0 saturated carbocycles. The Morgan fingerprint density at radius 3 is 2.78 bits per heavy atom. The van der Waals surface area contributed by atoms with Crippen LogP contribution in [0.4, 0.5) is 0 Å². The summed E-state index contributed by atoms with van der Waals surface area (Å²) in [6.07, 6.45) is 4.52. The number of rotatable bonds is 6. The van der Waals surface area contributed by atoms with Crippen molar-refractivity contribution in [2.45, 2.75) is 19.9 Å². The SMILES string of the molecule is CN=C(NCCc1ccc(C)c(OC)c1)NCc1cccnc1. The van der Waals surface area contributed by atoms with Gasteiger partial charge in [0.15, 0.2) is 5.96 Å². The minimum Gasteiger partial charge on any atom is -0.496 e. The molecule has 0 aliphatic carbocycles. The van der Waals surface area contributed by atoms with Crippen molar-refractivity contribution in [1.82, 2.24) is 15.6 Å². The Morgan fingerprint density at radius 1 is 1.22 bits per heavy atom. The van der Waals surface area contributed by atoms with Gasteiger partial charge in [-0.3, -0.25) is 9.98 Å². The lowest BCUT2D eigenvalue weighted by Gasteiger charge is -2.12. The molecule has 5 heteroatoms. The molecule has 0 aliphatic heterocycles. The molecule has 1 heterocycles. The van der Waals surface area contributed by atoms with Crippen molar-refractivity contribution in [3.8, 4) is 5.75 Å². The maximum atomic E-state index is 5.36. The first-order valence-electron chi connectivity index (χ1n) is 7.70. The van der Waals surface area contributed by atoms with Crippen molar-refractivity contribution in [1.29, 1.82) is 0 Å². The Bertz CT molecular complexity index is 641. The molecule has 5 nitrogen and oxygen atoms in total. The zero-order valence-electron chi connectivity index (χ0n) is 14.0. The monoisotopic (exact) mass is 312 g/mol. The molecule has 0 aliphatic rings. The fourth-order valence-electron chi connectivity index (χ4n) is 2.25. The van der Waals surface area contributed by atoms with Gasteiger partial charge < -0.3 is 15.4 Å². The summed E-state index contributed by atoms with van der Waals surface area (Å²) in [5.74, 6) is 1.72. The average molecular weight is 312 g/mol. The van der Waals surface area contributed by atoms with E-state index in [0.717, 1.165) is 35.8 Å². The van der Waals surface area contributed by atoms with Gasteiger partial charge in [0.1, 0.15) is 5.75 Å². The molecular weight excluding hydrogens is 288 g/mol. The zero-order chi connectivity index (χ0) is 16.5. The molecule has 0 bridgehead atoms. The highest BCUT2D eigenvalue weighted by atomic mass is 16.5. The van der Waals surface area contributed by atoms with Crippen molar-refractivity contribution >= 4 is 5.96 Å². The van der Waals surface area contributed by atoms with Crippen LogP contribution in [0.3, 0.4) is 0 Å². The van der Waals surface area contributed by atoms with Crippen LogP contribution in [0.25, 0.3) is 0 Å². The van der Waals surface area contributed by atoms with Crippen molar-refractivity contribution < 1.29 is 4.74 Å². The summed E-state index contributed by atoms with van der Waals surface area (Å²) in [6, 6.07) is 10.3. The van der Waals surface area contributed by atoms with E-state index in [2.05, 4.69) is 38.8 Å². The fraction of sp³-hybridized carbons (Fsp3) is 0.333. The number of ether oxygens (including phenoxy) is 1. The lowest BCUT2D eigenvalue weighted by molar-refractivity contribution is 0.411. The second kappa shape index (κ2) is 8.78. The summed E-state index contributed by atoms with van der Waals surface area (Å²) < 4.78 is 5.36. The first-order chi connectivity index (χ1) is 11.2. The van der Waals surface area contributed by atoms with E-state index in [9.17, 15) is 0 Å². The predicted octanol–water partition coefficient (Wildman–Crippen LogP) is 2.31. The lowest BCUT2D eigenvalue weighted by Crippen LogP contribution is -2.37. The standard InChI is InChI=1S/C18H24N4O/c1-14-6-7-15(11-17(14)23-3)8-10-21-18(19-2)22-13-16-5-4-9-20-12-16/h4-7,9,11-12H,8,10,13H2,1-3H3,(H2,19,21,22). The van der Waals surface area contributed by atoms with E-state index in [1.165, 1.54) is 5.56 Å². The smallest absolute Gasteiger partial charge is 0.191 e. The van der Waals surface area contributed by atoms with E-state index in [1.54, 1.807) is 20.4 Å². The summed E-state index contributed by atoms with van der Waals surface area (Å²) in [5.41, 5.74) is 3.51. The quantitative estimate of drug-likeness (QED) is 0.635. The molecule has 0 radical (unpaired) electrons. The highest BCUT2D eigenvalue weighted by molar-refractivity contribution is 5.79. The molecule has 0 saturated heterocycles. The highest BCUT2D eigenvalue weighted by Crippen LogP contribution is 2.18. The van der Waals surface area contributed by atoms with Crippen LogP contribution in [-0.4, -0.2) is 31.6 Å². The third-order valence-corrected chi connectivity index (χ3v) is 3.58. The first kappa shape index (κ1) is 16.8. The van der Waals surface area contributed by atoms with Gasteiger partial charge in [-0.2, -0.15) is 0 Å². The predicted molar refractivity (Wildman–Crippen MR) is 93.9 cm³/mol. The minimum absolute atomic E-state index is 0.700. The van der Waals surface area contributed by atoms with E-state index >= 15 is 0 Å². The number of pyridine rings is 1. The van der Waals surface area contributed by atoms with Gasteiger partial charge >= 0.3 is 0 Å². The molecule has 0 amide bonds. The van der Waals surface area contributed by atoms with Gasteiger partial charge in [-0.1, -0.05) is 18.2 Å². The first-order valence-corrected chi connectivity index (χ1v) is 7.70. The molecule has 0 unspecified atom stereocenters. The number of hydrogen-bond acceptors (Lipinski definition) is 3. The fourth-order valence-corrected chi connectivity index (χ4v) is 2.25. The molecule has 0 fully saturated rings. The van der Waals surface area contributed by atoms with Crippen molar-refractivity contribution in [2.24, 2.45) is 4.99 Å². The summed E-state index contributed by atoms with van der Waals surface area (Å²) in [7, 11) is 3.47. The van der Waals surface area contributed by atoms with Gasteiger partial charge in [-0.05, 0) is 42.2 Å². The van der Waals surface area contributed by atoms with Gasteiger partial charge in [-0.25, -0.2) is 0 Å². The second-order valence-corrected chi connectivity index (χ2v) is 5.27. The minimum atomic E-state index is 0.700. The Morgan fingerprint density at radius 2 is 2.09 bits per heavy atom. The number of benzene rings is 1. The molecule has 1 aromatic heterocycles. The summed E-state index contributed by atoms with van der Waals surface area (Å²) in [5, 5.41) is 6.60.